The van der Waals surface area contributed by atoms with Crippen molar-refractivity contribution in [2.45, 2.75) is 5.66 Å². The molecule has 142 valence electrons. The van der Waals surface area contributed by atoms with Gasteiger partial charge in [-0.25, -0.2) is 0 Å². The Balaban J connectivity index is 2.08. The number of alkyl halides is 2. The van der Waals surface area contributed by atoms with Crippen LogP contribution in [0, 0.1) is 0 Å². The summed E-state index contributed by atoms with van der Waals surface area (Å²) in [6, 6.07) is 18.1. The Labute approximate surface area is 158 Å². The smallest absolute Gasteiger partial charge is 0.399 e. The summed E-state index contributed by atoms with van der Waals surface area (Å²) in [5, 5.41) is 0.321. The highest BCUT2D eigenvalue weighted by atomic mass is 31.2. The second kappa shape index (κ2) is 6.38. The van der Waals surface area contributed by atoms with Gasteiger partial charge >= 0.3 is 13.3 Å². The summed E-state index contributed by atoms with van der Waals surface area (Å²) >= 11 is 0. The quantitative estimate of drug-likeness (QED) is 0.420. The Morgan fingerprint density at radius 3 is 2.29 bits per heavy atom. The van der Waals surface area contributed by atoms with E-state index >= 15 is 0 Å². The third kappa shape index (κ3) is 2.78. The summed E-state index contributed by atoms with van der Waals surface area (Å²) in [5.74, 6) is 0. The number of rotatable bonds is 4. The van der Waals surface area contributed by atoms with Gasteiger partial charge in [0, 0.05) is 21.9 Å². The molecule has 0 bridgehead atoms. The van der Waals surface area contributed by atoms with E-state index in [1.807, 2.05) is 30.3 Å². The molecule has 0 radical (unpaired) electrons. The summed E-state index contributed by atoms with van der Waals surface area (Å²) in [5.41, 5.74) is -2.87. The lowest BCUT2D eigenvalue weighted by Gasteiger charge is -2.19. The van der Waals surface area contributed by atoms with Gasteiger partial charge in [-0.3, -0.25) is 4.57 Å². The summed E-state index contributed by atoms with van der Waals surface area (Å²) in [6.07, 6.45) is 0. The van der Waals surface area contributed by atoms with Crippen molar-refractivity contribution < 1.29 is 27.5 Å². The lowest BCUT2D eigenvalue weighted by atomic mass is 9.95. The Morgan fingerprint density at radius 1 is 0.964 bits per heavy atom. The highest BCUT2D eigenvalue weighted by molar-refractivity contribution is 7.52. The van der Waals surface area contributed by atoms with Crippen LogP contribution in [0.4, 0.5) is 8.78 Å². The van der Waals surface area contributed by atoms with Crippen LogP contribution in [-0.2, 0) is 10.2 Å². The number of furan rings is 1. The highest BCUT2D eigenvalue weighted by Gasteiger charge is 2.51. The molecule has 0 fully saturated rings. The molecule has 28 heavy (non-hydrogen) atoms. The third-order valence-corrected chi connectivity index (χ3v) is 5.64. The van der Waals surface area contributed by atoms with Gasteiger partial charge in [0.25, 0.3) is 0 Å². The zero-order chi connectivity index (χ0) is 20.1. The Morgan fingerprint density at radius 2 is 1.61 bits per heavy atom. The van der Waals surface area contributed by atoms with Crippen molar-refractivity contribution in [2.24, 2.45) is 0 Å². The van der Waals surface area contributed by atoms with E-state index in [2.05, 4.69) is 6.58 Å². The summed E-state index contributed by atoms with van der Waals surface area (Å²) in [6.45, 7) is 4.06. The van der Waals surface area contributed by atoms with Crippen LogP contribution in [0.1, 0.15) is 16.7 Å². The van der Waals surface area contributed by atoms with Gasteiger partial charge in [0.1, 0.15) is 11.2 Å². The first-order chi connectivity index (χ1) is 13.2. The van der Waals surface area contributed by atoms with Gasteiger partial charge in [-0.1, -0.05) is 67.2 Å². The van der Waals surface area contributed by atoms with Gasteiger partial charge in [-0.15, -0.1) is 0 Å². The van der Waals surface area contributed by atoms with Crippen molar-refractivity contribution in [1.29, 1.82) is 0 Å². The monoisotopic (exact) mass is 400 g/mol. The van der Waals surface area contributed by atoms with Gasteiger partial charge in [-0.2, -0.15) is 8.78 Å². The maximum Gasteiger partial charge on any atom is 0.399 e. The minimum absolute atomic E-state index is 0.0292. The molecule has 0 atom stereocenters. The molecule has 0 amide bonds. The van der Waals surface area contributed by atoms with Crippen LogP contribution in [0.5, 0.6) is 0 Å². The molecule has 4 rings (SSSR count). The Hall–Kier alpha value is -2.79. The normalized spacial score (nSPS) is 12.6. The number of halogens is 2. The summed E-state index contributed by atoms with van der Waals surface area (Å²) in [7, 11) is -5.74. The number of hydrogen-bond donors (Lipinski definition) is 2. The van der Waals surface area contributed by atoms with Crippen LogP contribution >= 0.6 is 7.60 Å². The van der Waals surface area contributed by atoms with E-state index in [0.29, 0.717) is 22.1 Å². The van der Waals surface area contributed by atoms with E-state index in [9.17, 15) is 23.1 Å². The van der Waals surface area contributed by atoms with Crippen molar-refractivity contribution in [3.05, 3.63) is 90.0 Å². The standard InChI is InChI=1S/C21H15F2O4P/c1-13(14-7-3-2-4-8-14)15-11-12-17(21(22,23)28(24,25)26)19-16-9-5-6-10-18(16)27-20(15)19/h2-12H,1H2,(H2,24,25,26). The zero-order valence-electron chi connectivity index (χ0n) is 14.5. The van der Waals surface area contributed by atoms with Gasteiger partial charge < -0.3 is 14.2 Å². The van der Waals surface area contributed by atoms with Crippen molar-refractivity contribution >= 4 is 35.1 Å². The van der Waals surface area contributed by atoms with Crippen LogP contribution in [0.3, 0.4) is 0 Å². The maximum atomic E-state index is 14.6. The first-order valence-corrected chi connectivity index (χ1v) is 9.96. The molecule has 0 saturated heterocycles. The van der Waals surface area contributed by atoms with E-state index in [1.54, 1.807) is 24.3 Å². The second-order valence-electron chi connectivity index (χ2n) is 6.39. The fraction of sp³-hybridized carbons (Fsp3) is 0.0476. The Kier molecular flexibility index (Phi) is 4.23. The lowest BCUT2D eigenvalue weighted by Crippen LogP contribution is -2.14. The van der Waals surface area contributed by atoms with E-state index in [-0.39, 0.29) is 11.0 Å². The molecule has 1 heterocycles. The molecule has 0 unspecified atom stereocenters. The average Bonchev–Trinajstić information content (AvgIpc) is 3.06. The molecule has 0 aliphatic carbocycles. The van der Waals surface area contributed by atoms with Crippen molar-refractivity contribution in [3.8, 4) is 0 Å². The maximum absolute atomic E-state index is 14.6. The van der Waals surface area contributed by atoms with Crippen molar-refractivity contribution in [2.75, 3.05) is 0 Å². The van der Waals surface area contributed by atoms with E-state index in [4.69, 9.17) is 4.42 Å². The molecule has 1 aromatic heterocycles. The molecule has 0 aliphatic rings. The predicted octanol–water partition coefficient (Wildman–Crippen LogP) is 5.87. The third-order valence-electron chi connectivity index (χ3n) is 4.66. The minimum atomic E-state index is -5.74. The molecule has 4 aromatic rings. The Bertz CT molecular complexity index is 1260. The number of benzene rings is 3. The molecular weight excluding hydrogens is 385 g/mol. The van der Waals surface area contributed by atoms with Crippen LogP contribution in [-0.4, -0.2) is 9.79 Å². The molecule has 7 heteroatoms. The number of para-hydroxylation sites is 1. The number of fused-ring (bicyclic) bond motifs is 3. The van der Waals surface area contributed by atoms with Crippen LogP contribution in [0.15, 0.2) is 77.7 Å². The van der Waals surface area contributed by atoms with Gasteiger partial charge in [0.05, 0.1) is 0 Å². The first-order valence-electron chi connectivity index (χ1n) is 8.34. The van der Waals surface area contributed by atoms with E-state index in [0.717, 1.165) is 11.6 Å². The minimum Gasteiger partial charge on any atom is -0.455 e. The topological polar surface area (TPSA) is 70.7 Å². The van der Waals surface area contributed by atoms with Crippen molar-refractivity contribution in [1.82, 2.24) is 0 Å². The lowest BCUT2D eigenvalue weighted by molar-refractivity contribution is 0.0579. The fourth-order valence-corrected chi connectivity index (χ4v) is 3.77. The molecule has 2 N–H and O–H groups in total. The van der Waals surface area contributed by atoms with Crippen LogP contribution in [0.2, 0.25) is 0 Å². The highest BCUT2D eigenvalue weighted by Crippen LogP contribution is 2.61. The van der Waals surface area contributed by atoms with Gasteiger partial charge in [0.15, 0.2) is 0 Å². The first kappa shape index (κ1) is 18.6. The molecule has 0 saturated carbocycles. The predicted molar refractivity (Wildman–Crippen MR) is 104 cm³/mol. The summed E-state index contributed by atoms with van der Waals surface area (Å²) in [4.78, 5) is 18.5. The van der Waals surface area contributed by atoms with Crippen LogP contribution < -0.4 is 0 Å². The van der Waals surface area contributed by atoms with Crippen LogP contribution in [0.25, 0.3) is 27.5 Å². The average molecular weight is 400 g/mol. The largest absolute Gasteiger partial charge is 0.455 e. The van der Waals surface area contributed by atoms with E-state index < -0.39 is 18.8 Å². The molecule has 0 spiro atoms. The summed E-state index contributed by atoms with van der Waals surface area (Å²) < 4.78 is 46.6. The fourth-order valence-electron chi connectivity index (χ4n) is 3.27. The SMILES string of the molecule is C=C(c1ccccc1)c1ccc(C(F)(F)P(=O)(O)O)c2c1oc1ccccc12. The zero-order valence-corrected chi connectivity index (χ0v) is 15.4. The van der Waals surface area contributed by atoms with Gasteiger partial charge in [-0.05, 0) is 17.2 Å². The van der Waals surface area contributed by atoms with Gasteiger partial charge in [0.2, 0.25) is 0 Å². The van der Waals surface area contributed by atoms with E-state index in [1.165, 1.54) is 6.07 Å². The molecule has 4 nitrogen and oxygen atoms in total. The second-order valence-corrected chi connectivity index (χ2v) is 8.04. The molecular formula is C21H15F2O4P. The molecule has 3 aromatic carbocycles. The van der Waals surface area contributed by atoms with Crippen molar-refractivity contribution in [3.63, 3.8) is 0 Å². The number of hydrogen-bond acceptors (Lipinski definition) is 2. The molecule has 0 aliphatic heterocycles.